The van der Waals surface area contributed by atoms with Crippen LogP contribution in [0.2, 0.25) is 0 Å². The summed E-state index contributed by atoms with van der Waals surface area (Å²) in [6, 6.07) is 0. The van der Waals surface area contributed by atoms with E-state index in [1.54, 1.807) is 0 Å². The molecule has 0 aromatic carbocycles. The third-order valence-electron chi connectivity index (χ3n) is 19.9. The highest BCUT2D eigenvalue weighted by Gasteiger charge is 2.30. The van der Waals surface area contributed by atoms with Gasteiger partial charge in [-0.25, -0.2) is 9.13 Å². The fourth-order valence-corrected chi connectivity index (χ4v) is 14.2. The molecule has 600 valence electrons. The van der Waals surface area contributed by atoms with Crippen LogP contribution in [0, 0.1) is 17.8 Å². The van der Waals surface area contributed by atoms with Crippen LogP contribution in [0.3, 0.4) is 0 Å². The highest BCUT2D eigenvalue weighted by Crippen LogP contribution is 2.45. The minimum Gasteiger partial charge on any atom is -0.462 e. The molecular formula is C82H160O17P2. The standard InChI is InChI=1S/C82H160O17P2/c1-8-11-12-13-14-15-16-17-18-19-20-21-22-23-24-25-30-33-36-42-51-58-65-81(86)98-77(69-92-79(84)63-56-49-41-35-32-29-27-26-28-31-34-39-46-53-60-73(4)5)71-96-100(88,89)94-67-76(83)68-95-101(90,91)97-72-78(70-93-80(85)64-57-50-45-44-48-55-62-75(7)10-3)99-82(87)66-59-52-43-38-37-40-47-54-61-74(6)9-2/h73-78,83H,8-72H2,1-7H3,(H,88,89)(H,90,91)/t74?,75?,76-,77-,78-/m1/s1. The van der Waals surface area contributed by atoms with E-state index in [0.717, 1.165) is 114 Å². The fourth-order valence-electron chi connectivity index (χ4n) is 12.6. The van der Waals surface area contributed by atoms with Crippen molar-refractivity contribution >= 4 is 39.5 Å². The number of carbonyl (C=O) groups excluding carboxylic acids is 4. The molecule has 101 heavy (non-hydrogen) atoms. The minimum atomic E-state index is -4.96. The molecule has 0 rings (SSSR count). The van der Waals surface area contributed by atoms with Crippen LogP contribution < -0.4 is 0 Å². The summed E-state index contributed by atoms with van der Waals surface area (Å²) in [5.41, 5.74) is 0. The minimum absolute atomic E-state index is 0.104. The van der Waals surface area contributed by atoms with Crippen LogP contribution in [-0.2, 0) is 65.4 Å². The summed E-state index contributed by atoms with van der Waals surface area (Å²) in [6.45, 7) is 11.9. The van der Waals surface area contributed by atoms with Crippen LogP contribution in [-0.4, -0.2) is 96.7 Å². The van der Waals surface area contributed by atoms with E-state index in [-0.39, 0.29) is 25.7 Å². The van der Waals surface area contributed by atoms with Gasteiger partial charge in [0.05, 0.1) is 26.4 Å². The molecule has 0 heterocycles. The van der Waals surface area contributed by atoms with Crippen LogP contribution in [0.25, 0.3) is 0 Å². The fraction of sp³-hybridized carbons (Fsp3) is 0.951. The van der Waals surface area contributed by atoms with E-state index in [1.165, 1.54) is 231 Å². The topological polar surface area (TPSA) is 237 Å². The molecule has 0 aliphatic heterocycles. The second-order valence-electron chi connectivity index (χ2n) is 30.5. The molecule has 0 radical (unpaired) electrons. The van der Waals surface area contributed by atoms with E-state index in [1.807, 2.05) is 0 Å². The van der Waals surface area contributed by atoms with E-state index in [9.17, 15) is 43.2 Å². The van der Waals surface area contributed by atoms with Crippen molar-refractivity contribution in [3.63, 3.8) is 0 Å². The number of aliphatic hydroxyl groups is 1. The summed E-state index contributed by atoms with van der Waals surface area (Å²) in [5, 5.41) is 10.6. The van der Waals surface area contributed by atoms with Crippen LogP contribution in [0.1, 0.15) is 427 Å². The Hall–Kier alpha value is -1.94. The number of carbonyl (C=O) groups is 4. The van der Waals surface area contributed by atoms with Crippen molar-refractivity contribution in [3.05, 3.63) is 0 Å². The number of rotatable bonds is 80. The maximum absolute atomic E-state index is 13.1. The van der Waals surface area contributed by atoms with Crippen LogP contribution in [0.15, 0.2) is 0 Å². The van der Waals surface area contributed by atoms with Gasteiger partial charge in [-0.15, -0.1) is 0 Å². The predicted octanol–water partition coefficient (Wildman–Crippen LogP) is 24.5. The second-order valence-corrected chi connectivity index (χ2v) is 33.4. The van der Waals surface area contributed by atoms with Gasteiger partial charge in [0.1, 0.15) is 19.3 Å². The predicted molar refractivity (Wildman–Crippen MR) is 414 cm³/mol. The Kier molecular flexibility index (Phi) is 70.9. The lowest BCUT2D eigenvalue weighted by Gasteiger charge is -2.21. The molecule has 0 fully saturated rings. The first-order chi connectivity index (χ1) is 48.8. The first kappa shape index (κ1) is 99.1. The lowest BCUT2D eigenvalue weighted by Crippen LogP contribution is -2.30. The van der Waals surface area contributed by atoms with E-state index >= 15 is 0 Å². The van der Waals surface area contributed by atoms with Gasteiger partial charge in [0.25, 0.3) is 0 Å². The van der Waals surface area contributed by atoms with Crippen molar-refractivity contribution in [2.75, 3.05) is 39.6 Å². The average Bonchev–Trinajstić information content (AvgIpc) is 0.953. The monoisotopic (exact) mass is 1480 g/mol. The van der Waals surface area contributed by atoms with Crippen molar-refractivity contribution in [1.82, 2.24) is 0 Å². The molecule has 0 saturated carbocycles. The molecule has 0 aromatic rings. The number of phosphoric acid groups is 2. The van der Waals surface area contributed by atoms with E-state index in [2.05, 4.69) is 48.5 Å². The lowest BCUT2D eigenvalue weighted by molar-refractivity contribution is -0.161. The molecule has 3 N–H and O–H groups in total. The number of aliphatic hydroxyl groups excluding tert-OH is 1. The van der Waals surface area contributed by atoms with E-state index in [0.29, 0.717) is 25.7 Å². The Balaban J connectivity index is 5.21. The van der Waals surface area contributed by atoms with Crippen molar-refractivity contribution < 1.29 is 80.2 Å². The van der Waals surface area contributed by atoms with Gasteiger partial charge in [0, 0.05) is 25.7 Å². The van der Waals surface area contributed by atoms with Crippen LogP contribution >= 0.6 is 15.6 Å². The molecule has 19 heteroatoms. The summed E-state index contributed by atoms with van der Waals surface area (Å²) in [5.74, 6) is 0.185. The van der Waals surface area contributed by atoms with Crippen LogP contribution in [0.4, 0.5) is 0 Å². The molecule has 0 aromatic heterocycles. The normalized spacial score (nSPS) is 14.5. The Labute approximate surface area is 619 Å². The van der Waals surface area contributed by atoms with Gasteiger partial charge < -0.3 is 33.8 Å². The molecule has 0 aliphatic rings. The number of phosphoric ester groups is 2. The van der Waals surface area contributed by atoms with Gasteiger partial charge in [-0.2, -0.15) is 0 Å². The zero-order chi connectivity index (χ0) is 74.4. The maximum atomic E-state index is 13.1. The number of esters is 4. The van der Waals surface area contributed by atoms with Gasteiger partial charge in [0.15, 0.2) is 12.2 Å². The zero-order valence-electron chi connectivity index (χ0n) is 66.4. The summed E-state index contributed by atoms with van der Waals surface area (Å²) < 4.78 is 68.7. The highest BCUT2D eigenvalue weighted by atomic mass is 31.2. The number of ether oxygens (including phenoxy) is 4. The average molecular weight is 1480 g/mol. The van der Waals surface area contributed by atoms with Gasteiger partial charge in [0.2, 0.25) is 0 Å². The number of hydrogen-bond donors (Lipinski definition) is 3. The Morgan fingerprint density at radius 2 is 0.505 bits per heavy atom. The van der Waals surface area contributed by atoms with Crippen molar-refractivity contribution in [1.29, 1.82) is 0 Å². The Morgan fingerprint density at radius 1 is 0.287 bits per heavy atom. The third-order valence-corrected chi connectivity index (χ3v) is 21.8. The van der Waals surface area contributed by atoms with Gasteiger partial charge in [-0.05, 0) is 43.4 Å². The molecule has 0 amide bonds. The zero-order valence-corrected chi connectivity index (χ0v) is 68.2. The molecular weight excluding hydrogens is 1320 g/mol. The third kappa shape index (κ3) is 73.4. The second kappa shape index (κ2) is 72.3. The molecule has 0 spiro atoms. The summed E-state index contributed by atoms with van der Waals surface area (Å²) in [4.78, 5) is 73.0. The lowest BCUT2D eigenvalue weighted by atomic mass is 9.99. The van der Waals surface area contributed by atoms with Crippen molar-refractivity contribution in [3.8, 4) is 0 Å². The van der Waals surface area contributed by atoms with Crippen molar-refractivity contribution in [2.24, 2.45) is 17.8 Å². The summed E-state index contributed by atoms with van der Waals surface area (Å²) >= 11 is 0. The highest BCUT2D eigenvalue weighted by molar-refractivity contribution is 7.47. The summed E-state index contributed by atoms with van der Waals surface area (Å²) in [6.07, 6.45) is 61.2. The molecule has 0 aliphatic carbocycles. The maximum Gasteiger partial charge on any atom is 0.472 e. The number of hydrogen-bond acceptors (Lipinski definition) is 15. The summed E-state index contributed by atoms with van der Waals surface area (Å²) in [7, 11) is -9.92. The van der Waals surface area contributed by atoms with Gasteiger partial charge in [-0.3, -0.25) is 37.3 Å². The Morgan fingerprint density at radius 3 is 0.752 bits per heavy atom. The molecule has 7 atom stereocenters. The quantitative estimate of drug-likeness (QED) is 0.0222. The number of unbranched alkanes of at least 4 members (excludes halogenated alkanes) is 46. The smallest absolute Gasteiger partial charge is 0.462 e. The largest absolute Gasteiger partial charge is 0.472 e. The van der Waals surface area contributed by atoms with E-state index < -0.39 is 97.5 Å². The Bertz CT molecular complexity index is 1960. The molecule has 0 bridgehead atoms. The first-order valence-electron chi connectivity index (χ1n) is 42.4. The van der Waals surface area contributed by atoms with Gasteiger partial charge in [-0.1, -0.05) is 376 Å². The van der Waals surface area contributed by atoms with Crippen LogP contribution in [0.5, 0.6) is 0 Å². The SMILES string of the molecule is CCCCCCCCCCCCCCCCCCCCCCCCC(=O)O[C@H](COC(=O)CCCCCCCCCCCCCCCCC(C)C)COP(=O)(O)OC[C@@H](O)COP(=O)(O)OC[C@@H](COC(=O)CCCCCCCCC(C)CC)OC(=O)CCCCCCCCCCC(C)CC. The first-order valence-corrected chi connectivity index (χ1v) is 45.4. The molecule has 0 saturated heterocycles. The van der Waals surface area contributed by atoms with Crippen molar-refractivity contribution in [2.45, 2.75) is 446 Å². The molecule has 17 nitrogen and oxygen atoms in total. The van der Waals surface area contributed by atoms with Gasteiger partial charge >= 0.3 is 39.5 Å². The van der Waals surface area contributed by atoms with E-state index in [4.69, 9.17) is 37.0 Å². The molecule has 4 unspecified atom stereocenters.